The fourth-order valence-corrected chi connectivity index (χ4v) is 4.02. The summed E-state index contributed by atoms with van der Waals surface area (Å²) in [4.78, 5) is 16.2. The Morgan fingerprint density at radius 1 is 1.08 bits per heavy atom. The standard InChI is InChI=1S/C22H28N2O2/c25-17(16-23-26)10-4-2-1-3-5-11-18-19-12-6-8-14-21(19)24-22-15-9-7-13-20(18)22/h6,8,12,14,16,26H,1-5,7,9-11,13,15H2/b23-16+. The number of carbonyl (C=O) groups excluding carboxylic acids is 1. The van der Waals surface area contributed by atoms with Crippen molar-refractivity contribution in [1.82, 2.24) is 4.98 Å². The largest absolute Gasteiger partial charge is 0.411 e. The molecule has 3 rings (SSSR count). The molecule has 0 radical (unpaired) electrons. The molecule has 0 atom stereocenters. The molecule has 138 valence electrons. The van der Waals surface area contributed by atoms with Crippen molar-refractivity contribution in [3.63, 3.8) is 0 Å². The number of oxime groups is 1. The van der Waals surface area contributed by atoms with Crippen LogP contribution >= 0.6 is 0 Å². The zero-order valence-corrected chi connectivity index (χ0v) is 15.4. The van der Waals surface area contributed by atoms with Crippen LogP contribution in [0, 0.1) is 0 Å². The molecule has 0 spiro atoms. The second-order valence-electron chi connectivity index (χ2n) is 7.22. The van der Waals surface area contributed by atoms with Crippen molar-refractivity contribution in [3.8, 4) is 0 Å². The molecule has 1 N–H and O–H groups in total. The predicted molar refractivity (Wildman–Crippen MR) is 105 cm³/mol. The van der Waals surface area contributed by atoms with Gasteiger partial charge in [-0.1, -0.05) is 42.6 Å². The number of hydrogen-bond donors (Lipinski definition) is 1. The van der Waals surface area contributed by atoms with Gasteiger partial charge >= 0.3 is 0 Å². The molecule has 0 saturated carbocycles. The minimum atomic E-state index is -0.0950. The molecule has 0 aliphatic heterocycles. The maximum Gasteiger partial charge on any atom is 0.177 e. The highest BCUT2D eigenvalue weighted by molar-refractivity contribution is 6.27. The second kappa shape index (κ2) is 9.46. The number of carbonyl (C=O) groups is 1. The van der Waals surface area contributed by atoms with Crippen molar-refractivity contribution in [2.45, 2.75) is 70.6 Å². The summed E-state index contributed by atoms with van der Waals surface area (Å²) in [7, 11) is 0. The average Bonchev–Trinajstić information content (AvgIpc) is 2.66. The van der Waals surface area contributed by atoms with Crippen LogP contribution in [0.15, 0.2) is 29.4 Å². The second-order valence-corrected chi connectivity index (χ2v) is 7.22. The van der Waals surface area contributed by atoms with Crippen LogP contribution in [0.5, 0.6) is 0 Å². The normalized spacial score (nSPS) is 14.0. The molecule has 0 bridgehead atoms. The Morgan fingerprint density at radius 2 is 1.85 bits per heavy atom. The van der Waals surface area contributed by atoms with Gasteiger partial charge in [0.1, 0.15) is 6.21 Å². The summed E-state index contributed by atoms with van der Waals surface area (Å²) < 4.78 is 0. The molecule has 1 aromatic carbocycles. The average molecular weight is 352 g/mol. The summed E-state index contributed by atoms with van der Waals surface area (Å²) in [6.45, 7) is 0. The molecular weight excluding hydrogens is 324 g/mol. The molecule has 1 aliphatic carbocycles. The van der Waals surface area contributed by atoms with E-state index in [4.69, 9.17) is 10.2 Å². The SMILES string of the molecule is O=C(/C=N/O)CCCCCCCc1c2c(nc3ccccc13)CCCC2. The molecule has 2 aromatic rings. The molecule has 1 heterocycles. The van der Waals surface area contributed by atoms with Crippen LogP contribution in [0.25, 0.3) is 10.9 Å². The zero-order chi connectivity index (χ0) is 18.2. The number of hydrogen-bond acceptors (Lipinski definition) is 4. The molecule has 0 unspecified atom stereocenters. The first kappa shape index (κ1) is 18.6. The van der Waals surface area contributed by atoms with Crippen LogP contribution in [0.3, 0.4) is 0 Å². The summed E-state index contributed by atoms with van der Waals surface area (Å²) >= 11 is 0. The van der Waals surface area contributed by atoms with E-state index in [0.29, 0.717) is 6.42 Å². The van der Waals surface area contributed by atoms with E-state index in [0.717, 1.165) is 43.8 Å². The number of aryl methyl sites for hydroxylation is 2. The van der Waals surface area contributed by atoms with Gasteiger partial charge in [0, 0.05) is 17.5 Å². The van der Waals surface area contributed by atoms with Gasteiger partial charge in [-0.05, 0) is 62.1 Å². The molecule has 1 aromatic heterocycles. The van der Waals surface area contributed by atoms with E-state index in [-0.39, 0.29) is 5.78 Å². The van der Waals surface area contributed by atoms with Crippen molar-refractivity contribution in [2.75, 3.05) is 0 Å². The number of Topliss-reactive ketones (excluding diaryl/α,β-unsaturated/α-hetero) is 1. The van der Waals surface area contributed by atoms with E-state index in [1.807, 2.05) is 0 Å². The first-order valence-electron chi connectivity index (χ1n) is 9.89. The van der Waals surface area contributed by atoms with Gasteiger partial charge in [-0.15, -0.1) is 0 Å². The Kier molecular flexibility index (Phi) is 6.75. The van der Waals surface area contributed by atoms with E-state index >= 15 is 0 Å². The van der Waals surface area contributed by atoms with Crippen molar-refractivity contribution in [2.24, 2.45) is 5.16 Å². The fourth-order valence-electron chi connectivity index (χ4n) is 4.02. The summed E-state index contributed by atoms with van der Waals surface area (Å²) in [5.41, 5.74) is 5.52. The molecule has 0 amide bonds. The zero-order valence-electron chi connectivity index (χ0n) is 15.4. The van der Waals surface area contributed by atoms with Gasteiger partial charge < -0.3 is 5.21 Å². The summed E-state index contributed by atoms with van der Waals surface area (Å²) in [5, 5.41) is 12.4. The lowest BCUT2D eigenvalue weighted by molar-refractivity contribution is -0.112. The molecule has 0 fully saturated rings. The third-order valence-corrected chi connectivity index (χ3v) is 5.34. The Hall–Kier alpha value is -2.23. The smallest absolute Gasteiger partial charge is 0.177 e. The van der Waals surface area contributed by atoms with Crippen LogP contribution in [0.2, 0.25) is 0 Å². The van der Waals surface area contributed by atoms with Crippen molar-refractivity contribution < 1.29 is 10.0 Å². The molecule has 0 saturated heterocycles. The Balaban J connectivity index is 1.55. The lowest BCUT2D eigenvalue weighted by Crippen LogP contribution is -2.10. The maximum absolute atomic E-state index is 11.3. The highest BCUT2D eigenvalue weighted by atomic mass is 16.4. The van der Waals surface area contributed by atoms with Gasteiger partial charge in [0.15, 0.2) is 5.78 Å². The van der Waals surface area contributed by atoms with Gasteiger partial charge in [0.2, 0.25) is 0 Å². The van der Waals surface area contributed by atoms with Gasteiger partial charge in [-0.25, -0.2) is 0 Å². The minimum Gasteiger partial charge on any atom is -0.411 e. The van der Waals surface area contributed by atoms with Crippen LogP contribution in [-0.4, -0.2) is 22.2 Å². The van der Waals surface area contributed by atoms with E-state index < -0.39 is 0 Å². The molecular formula is C22H28N2O2. The topological polar surface area (TPSA) is 62.5 Å². The Labute approximate surface area is 155 Å². The van der Waals surface area contributed by atoms with Gasteiger partial charge in [-0.3, -0.25) is 9.78 Å². The van der Waals surface area contributed by atoms with Crippen molar-refractivity contribution in [3.05, 3.63) is 41.1 Å². The van der Waals surface area contributed by atoms with Crippen molar-refractivity contribution in [1.29, 1.82) is 0 Å². The third-order valence-electron chi connectivity index (χ3n) is 5.34. The Morgan fingerprint density at radius 3 is 2.73 bits per heavy atom. The monoisotopic (exact) mass is 352 g/mol. The van der Waals surface area contributed by atoms with Gasteiger partial charge in [0.05, 0.1) is 5.52 Å². The number of pyridine rings is 1. The quantitative estimate of drug-likeness (QED) is 0.298. The molecule has 4 nitrogen and oxygen atoms in total. The number of para-hydroxylation sites is 1. The molecule has 1 aliphatic rings. The number of rotatable bonds is 9. The van der Waals surface area contributed by atoms with E-state index in [1.54, 1.807) is 0 Å². The summed E-state index contributed by atoms with van der Waals surface area (Å²) in [5.74, 6) is -0.0950. The highest BCUT2D eigenvalue weighted by Gasteiger charge is 2.17. The first-order chi connectivity index (χ1) is 12.8. The van der Waals surface area contributed by atoms with E-state index in [2.05, 4.69) is 29.4 Å². The van der Waals surface area contributed by atoms with Gasteiger partial charge in [0.25, 0.3) is 0 Å². The third kappa shape index (κ3) is 4.69. The van der Waals surface area contributed by atoms with Crippen LogP contribution < -0.4 is 0 Å². The maximum atomic E-state index is 11.3. The van der Waals surface area contributed by atoms with Crippen LogP contribution in [0.1, 0.15) is 68.2 Å². The van der Waals surface area contributed by atoms with E-state index in [1.165, 1.54) is 54.3 Å². The Bertz CT molecular complexity index is 783. The summed E-state index contributed by atoms with van der Waals surface area (Å²) in [6, 6.07) is 8.56. The van der Waals surface area contributed by atoms with Crippen molar-refractivity contribution >= 4 is 22.9 Å². The van der Waals surface area contributed by atoms with Crippen LogP contribution in [-0.2, 0) is 24.1 Å². The fraction of sp³-hybridized carbons (Fsp3) is 0.500. The predicted octanol–water partition coefficient (Wildman–Crippen LogP) is 5.03. The van der Waals surface area contributed by atoms with E-state index in [9.17, 15) is 4.79 Å². The summed E-state index contributed by atoms with van der Waals surface area (Å²) in [6.07, 6.45) is 12.9. The van der Waals surface area contributed by atoms with Gasteiger partial charge in [-0.2, -0.15) is 0 Å². The number of fused-ring (bicyclic) bond motifs is 2. The number of aromatic nitrogens is 1. The lowest BCUT2D eigenvalue weighted by Gasteiger charge is -2.21. The first-order valence-corrected chi connectivity index (χ1v) is 9.89. The minimum absolute atomic E-state index is 0.0950. The van der Waals surface area contributed by atoms with Crippen LogP contribution in [0.4, 0.5) is 0 Å². The lowest BCUT2D eigenvalue weighted by atomic mass is 9.87. The number of ketones is 1. The molecule has 26 heavy (non-hydrogen) atoms. The number of benzene rings is 1. The highest BCUT2D eigenvalue weighted by Crippen LogP contribution is 2.30. The number of unbranched alkanes of at least 4 members (excludes halogenated alkanes) is 4. The molecule has 4 heteroatoms. The number of nitrogens with zero attached hydrogens (tertiary/aromatic N) is 2.